The minimum absolute atomic E-state index is 0.605. The third-order valence-electron chi connectivity index (χ3n) is 4.68. The third kappa shape index (κ3) is 2.26. The van der Waals surface area contributed by atoms with Crippen LogP contribution in [0.1, 0.15) is 43.7 Å². The van der Waals surface area contributed by atoms with Gasteiger partial charge in [0.05, 0.1) is 11.4 Å². The number of hydrogen-bond donors (Lipinski definition) is 1. The summed E-state index contributed by atoms with van der Waals surface area (Å²) in [5.74, 6) is 2.36. The number of hydrogen-bond acceptors (Lipinski definition) is 4. The first-order valence-corrected chi connectivity index (χ1v) is 7.88. The molecule has 1 aliphatic heterocycles. The molecule has 2 aromatic heterocycles. The van der Waals surface area contributed by atoms with E-state index in [1.165, 1.54) is 32.1 Å². The van der Waals surface area contributed by atoms with Crippen molar-refractivity contribution in [2.45, 2.75) is 38.0 Å². The highest BCUT2D eigenvalue weighted by molar-refractivity contribution is 5.51. The van der Waals surface area contributed by atoms with E-state index in [2.05, 4.69) is 16.0 Å². The Kier molecular flexibility index (Phi) is 3.05. The van der Waals surface area contributed by atoms with E-state index in [0.717, 1.165) is 36.1 Å². The quantitative estimate of drug-likeness (QED) is 0.941. The van der Waals surface area contributed by atoms with Crippen molar-refractivity contribution < 1.29 is 0 Å². The van der Waals surface area contributed by atoms with Crippen LogP contribution in [0.25, 0.3) is 5.69 Å². The third-order valence-corrected chi connectivity index (χ3v) is 4.68. The van der Waals surface area contributed by atoms with Gasteiger partial charge < -0.3 is 10.6 Å². The highest BCUT2D eigenvalue weighted by atomic mass is 15.3. The second-order valence-corrected chi connectivity index (χ2v) is 6.10. The Hall–Kier alpha value is -2.04. The van der Waals surface area contributed by atoms with Gasteiger partial charge in [-0.05, 0) is 31.7 Å². The molecule has 1 saturated heterocycles. The van der Waals surface area contributed by atoms with Crippen molar-refractivity contribution in [3.8, 4) is 5.69 Å². The predicted octanol–water partition coefficient (Wildman–Crippen LogP) is 2.72. The lowest BCUT2D eigenvalue weighted by Crippen LogP contribution is -2.19. The van der Waals surface area contributed by atoms with Crippen LogP contribution in [-0.4, -0.2) is 27.9 Å². The molecule has 4 rings (SSSR count). The van der Waals surface area contributed by atoms with Gasteiger partial charge in [-0.3, -0.25) is 0 Å². The van der Waals surface area contributed by atoms with E-state index >= 15 is 0 Å². The molecule has 0 atom stereocenters. The summed E-state index contributed by atoms with van der Waals surface area (Å²) in [6.07, 6.45) is 8.15. The maximum absolute atomic E-state index is 6.16. The van der Waals surface area contributed by atoms with Crippen LogP contribution in [-0.2, 0) is 0 Å². The lowest BCUT2D eigenvalue weighted by molar-refractivity contribution is 0.409. The molecule has 2 fully saturated rings. The number of nitrogens with zero attached hydrogens (tertiary/aromatic N) is 4. The molecule has 2 aromatic rings. The van der Waals surface area contributed by atoms with Gasteiger partial charge in [-0.2, -0.15) is 5.10 Å². The highest BCUT2D eigenvalue weighted by Gasteiger charge is 2.23. The Bertz CT molecular complexity index is 638. The molecule has 21 heavy (non-hydrogen) atoms. The topological polar surface area (TPSA) is 60.0 Å². The van der Waals surface area contributed by atoms with Crippen molar-refractivity contribution in [1.82, 2.24) is 14.8 Å². The minimum atomic E-state index is 0.605. The Morgan fingerprint density at radius 2 is 1.90 bits per heavy atom. The summed E-state index contributed by atoms with van der Waals surface area (Å²) >= 11 is 0. The molecule has 0 radical (unpaired) electrons. The summed E-state index contributed by atoms with van der Waals surface area (Å²) < 4.78 is 1.86. The number of anilines is 2. The normalized spacial score (nSPS) is 19.0. The Morgan fingerprint density at radius 1 is 1.10 bits per heavy atom. The number of pyridine rings is 1. The fraction of sp³-hybridized carbons (Fsp3) is 0.500. The summed E-state index contributed by atoms with van der Waals surface area (Å²) in [4.78, 5) is 6.82. The molecule has 2 N–H and O–H groups in total. The predicted molar refractivity (Wildman–Crippen MR) is 83.8 cm³/mol. The molecule has 0 bridgehead atoms. The zero-order valence-corrected chi connectivity index (χ0v) is 12.2. The van der Waals surface area contributed by atoms with Gasteiger partial charge in [0.25, 0.3) is 0 Å². The van der Waals surface area contributed by atoms with Crippen molar-refractivity contribution in [3.05, 3.63) is 30.1 Å². The summed E-state index contributed by atoms with van der Waals surface area (Å²) in [5.41, 5.74) is 8.31. The fourth-order valence-electron chi connectivity index (χ4n) is 3.18. The maximum atomic E-state index is 6.16. The van der Waals surface area contributed by atoms with Crippen molar-refractivity contribution in [2.75, 3.05) is 23.7 Å². The van der Waals surface area contributed by atoms with E-state index in [1.807, 2.05) is 23.0 Å². The van der Waals surface area contributed by atoms with Gasteiger partial charge in [0.1, 0.15) is 11.6 Å². The monoisotopic (exact) mass is 283 g/mol. The van der Waals surface area contributed by atoms with Crippen LogP contribution in [0.15, 0.2) is 24.4 Å². The molecule has 1 aliphatic carbocycles. The molecule has 2 aliphatic rings. The molecule has 5 nitrogen and oxygen atoms in total. The minimum Gasteiger partial charge on any atom is -0.384 e. The molecular weight excluding hydrogens is 262 g/mol. The first-order chi connectivity index (χ1) is 10.3. The Balaban J connectivity index is 1.66. The van der Waals surface area contributed by atoms with Crippen molar-refractivity contribution >= 4 is 11.6 Å². The van der Waals surface area contributed by atoms with Crippen LogP contribution < -0.4 is 10.6 Å². The zero-order chi connectivity index (χ0) is 14.2. The van der Waals surface area contributed by atoms with Crippen LogP contribution in [0, 0.1) is 0 Å². The van der Waals surface area contributed by atoms with Gasteiger partial charge in [0.2, 0.25) is 0 Å². The molecule has 0 spiro atoms. The van der Waals surface area contributed by atoms with E-state index in [1.54, 1.807) is 0 Å². The van der Waals surface area contributed by atoms with Crippen LogP contribution in [0.4, 0.5) is 11.6 Å². The molecule has 1 saturated carbocycles. The molecular formula is C16H21N5. The number of nitrogens with two attached hydrogens (primary N) is 1. The smallest absolute Gasteiger partial charge is 0.130 e. The molecule has 110 valence electrons. The van der Waals surface area contributed by atoms with Gasteiger partial charge >= 0.3 is 0 Å². The molecule has 0 aromatic carbocycles. The molecule has 3 heterocycles. The van der Waals surface area contributed by atoms with E-state index in [4.69, 9.17) is 10.8 Å². The van der Waals surface area contributed by atoms with Crippen LogP contribution in [0.3, 0.4) is 0 Å². The lowest BCUT2D eigenvalue weighted by atomic mass is 9.83. The SMILES string of the molecule is Nc1cc(C2CCC2)nn1-c1ccnc(N2CCCC2)c1. The van der Waals surface area contributed by atoms with E-state index < -0.39 is 0 Å². The standard InChI is InChI=1S/C16H21N5/c17-15-11-14(12-4-3-5-12)19-21(15)13-6-7-18-16(10-13)20-8-1-2-9-20/h6-7,10-12H,1-5,8-9,17H2. The van der Waals surface area contributed by atoms with Crippen molar-refractivity contribution in [2.24, 2.45) is 0 Å². The number of rotatable bonds is 3. The summed E-state index contributed by atoms with van der Waals surface area (Å²) in [7, 11) is 0. The van der Waals surface area contributed by atoms with E-state index in [9.17, 15) is 0 Å². The second-order valence-electron chi connectivity index (χ2n) is 6.10. The van der Waals surface area contributed by atoms with Crippen molar-refractivity contribution in [1.29, 1.82) is 0 Å². The Morgan fingerprint density at radius 3 is 2.62 bits per heavy atom. The van der Waals surface area contributed by atoms with Gasteiger partial charge in [0.15, 0.2) is 0 Å². The van der Waals surface area contributed by atoms with Crippen LogP contribution in [0.5, 0.6) is 0 Å². The average Bonchev–Trinajstić information content (AvgIpc) is 3.07. The zero-order valence-electron chi connectivity index (χ0n) is 12.2. The number of nitrogen functional groups attached to an aromatic ring is 1. The summed E-state index contributed by atoms with van der Waals surface area (Å²) in [6, 6.07) is 6.10. The molecule has 0 amide bonds. The van der Waals surface area contributed by atoms with E-state index in [-0.39, 0.29) is 0 Å². The second kappa shape index (κ2) is 5.06. The Labute approximate surface area is 124 Å². The first kappa shape index (κ1) is 12.7. The summed E-state index contributed by atoms with van der Waals surface area (Å²) in [6.45, 7) is 2.19. The molecule has 5 heteroatoms. The highest BCUT2D eigenvalue weighted by Crippen LogP contribution is 2.36. The maximum Gasteiger partial charge on any atom is 0.130 e. The van der Waals surface area contributed by atoms with Gasteiger partial charge in [0, 0.05) is 37.3 Å². The van der Waals surface area contributed by atoms with Gasteiger partial charge in [-0.1, -0.05) is 6.42 Å². The van der Waals surface area contributed by atoms with Crippen molar-refractivity contribution in [3.63, 3.8) is 0 Å². The van der Waals surface area contributed by atoms with Crippen LogP contribution in [0.2, 0.25) is 0 Å². The average molecular weight is 283 g/mol. The largest absolute Gasteiger partial charge is 0.384 e. The molecule has 0 unspecified atom stereocenters. The van der Waals surface area contributed by atoms with E-state index in [0.29, 0.717) is 5.92 Å². The van der Waals surface area contributed by atoms with Gasteiger partial charge in [-0.25, -0.2) is 9.67 Å². The fourth-order valence-corrected chi connectivity index (χ4v) is 3.18. The lowest BCUT2D eigenvalue weighted by Gasteiger charge is -2.22. The number of aromatic nitrogens is 3. The summed E-state index contributed by atoms with van der Waals surface area (Å²) in [5, 5.41) is 4.72. The van der Waals surface area contributed by atoms with Gasteiger partial charge in [-0.15, -0.1) is 0 Å². The van der Waals surface area contributed by atoms with Crippen LogP contribution >= 0.6 is 0 Å². The first-order valence-electron chi connectivity index (χ1n) is 7.88.